The first-order valence-corrected chi connectivity index (χ1v) is 7.30. The van der Waals surface area contributed by atoms with Gasteiger partial charge >= 0.3 is 0 Å². The topological polar surface area (TPSA) is 32.3 Å². The first-order chi connectivity index (χ1) is 9.28. The summed E-state index contributed by atoms with van der Waals surface area (Å²) in [5.41, 5.74) is 2.46. The molecule has 0 aromatic heterocycles. The van der Waals surface area contributed by atoms with Crippen LogP contribution in [-0.2, 0) is 17.6 Å². The van der Waals surface area contributed by atoms with Crippen LogP contribution in [0.5, 0.6) is 0 Å². The van der Waals surface area contributed by atoms with Crippen molar-refractivity contribution in [2.24, 2.45) is 0 Å². The molecule has 1 heterocycles. The third kappa shape index (κ3) is 4.77. The van der Waals surface area contributed by atoms with E-state index in [-0.39, 0.29) is 0 Å². The molecule has 2 rings (SSSR count). The minimum atomic E-state index is 0.325. The number of hydrogen-bond acceptors (Lipinski definition) is 3. The lowest BCUT2D eigenvalue weighted by Crippen LogP contribution is -2.33. The second kappa shape index (κ2) is 7.41. The highest BCUT2D eigenvalue weighted by atomic mass is 16.1. The third-order valence-electron chi connectivity index (χ3n) is 3.67. The SMILES string of the molecule is CCc1ccc(CC(=O)CN2CCCNCC2)cc1. The van der Waals surface area contributed by atoms with Gasteiger partial charge in [-0.05, 0) is 37.1 Å². The predicted molar refractivity (Wildman–Crippen MR) is 78.5 cm³/mol. The summed E-state index contributed by atoms with van der Waals surface area (Å²) in [5, 5.41) is 3.36. The van der Waals surface area contributed by atoms with Crippen LogP contribution in [0.1, 0.15) is 24.5 Å². The molecule has 0 spiro atoms. The maximum Gasteiger partial charge on any atom is 0.151 e. The van der Waals surface area contributed by atoms with Crippen LogP contribution in [0.15, 0.2) is 24.3 Å². The van der Waals surface area contributed by atoms with Crippen molar-refractivity contribution in [3.05, 3.63) is 35.4 Å². The van der Waals surface area contributed by atoms with E-state index in [1.807, 2.05) is 0 Å². The van der Waals surface area contributed by atoms with E-state index in [4.69, 9.17) is 0 Å². The largest absolute Gasteiger partial charge is 0.315 e. The second-order valence-electron chi connectivity index (χ2n) is 5.27. The van der Waals surface area contributed by atoms with Gasteiger partial charge in [0.05, 0.1) is 6.54 Å². The van der Waals surface area contributed by atoms with E-state index in [2.05, 4.69) is 41.4 Å². The van der Waals surface area contributed by atoms with Gasteiger partial charge in [0, 0.05) is 19.5 Å². The Labute approximate surface area is 116 Å². The van der Waals surface area contributed by atoms with E-state index in [0.29, 0.717) is 18.7 Å². The van der Waals surface area contributed by atoms with Gasteiger partial charge in [-0.25, -0.2) is 0 Å². The number of rotatable bonds is 5. The average molecular weight is 260 g/mol. The van der Waals surface area contributed by atoms with Gasteiger partial charge in [-0.1, -0.05) is 31.2 Å². The number of aryl methyl sites for hydroxylation is 1. The van der Waals surface area contributed by atoms with Crippen molar-refractivity contribution >= 4 is 5.78 Å². The van der Waals surface area contributed by atoms with Gasteiger partial charge in [0.2, 0.25) is 0 Å². The molecule has 0 amide bonds. The molecule has 1 aromatic rings. The van der Waals surface area contributed by atoms with Crippen LogP contribution in [-0.4, -0.2) is 43.4 Å². The van der Waals surface area contributed by atoms with Gasteiger partial charge in [0.1, 0.15) is 0 Å². The van der Waals surface area contributed by atoms with Crippen molar-refractivity contribution in [2.75, 3.05) is 32.7 Å². The quantitative estimate of drug-likeness (QED) is 0.874. The summed E-state index contributed by atoms with van der Waals surface area (Å²) in [5.74, 6) is 0.325. The number of carbonyl (C=O) groups excluding carboxylic acids is 1. The number of nitrogens with one attached hydrogen (secondary N) is 1. The summed E-state index contributed by atoms with van der Waals surface area (Å²) >= 11 is 0. The highest BCUT2D eigenvalue weighted by Crippen LogP contribution is 2.07. The highest BCUT2D eigenvalue weighted by molar-refractivity contribution is 5.82. The van der Waals surface area contributed by atoms with Crippen molar-refractivity contribution in [3.63, 3.8) is 0 Å². The first kappa shape index (κ1) is 14.2. The Kier molecular flexibility index (Phi) is 5.55. The molecular formula is C16H24N2O. The standard InChI is InChI=1S/C16H24N2O/c1-2-14-4-6-15(7-5-14)12-16(19)13-18-10-3-8-17-9-11-18/h4-7,17H,2-3,8-13H2,1H3. The Hall–Kier alpha value is -1.19. The molecule has 3 nitrogen and oxygen atoms in total. The van der Waals surface area contributed by atoms with Gasteiger partial charge in [0.15, 0.2) is 5.78 Å². The fourth-order valence-electron chi connectivity index (χ4n) is 2.49. The van der Waals surface area contributed by atoms with Crippen LogP contribution in [0.25, 0.3) is 0 Å². The molecule has 1 aromatic carbocycles. The Bertz CT molecular complexity index is 392. The maximum atomic E-state index is 12.1. The monoisotopic (exact) mass is 260 g/mol. The zero-order valence-corrected chi connectivity index (χ0v) is 11.8. The molecular weight excluding hydrogens is 236 g/mol. The number of Topliss-reactive ketones (excluding diaryl/α,β-unsaturated/α-hetero) is 1. The van der Waals surface area contributed by atoms with E-state index in [1.54, 1.807) is 0 Å². The predicted octanol–water partition coefficient (Wildman–Crippen LogP) is 1.66. The fourth-order valence-corrected chi connectivity index (χ4v) is 2.49. The van der Waals surface area contributed by atoms with Crippen LogP contribution in [0.3, 0.4) is 0 Å². The maximum absolute atomic E-state index is 12.1. The van der Waals surface area contributed by atoms with E-state index >= 15 is 0 Å². The van der Waals surface area contributed by atoms with Crippen molar-refractivity contribution in [2.45, 2.75) is 26.2 Å². The number of hydrogen-bond donors (Lipinski definition) is 1. The van der Waals surface area contributed by atoms with E-state index in [1.165, 1.54) is 5.56 Å². The van der Waals surface area contributed by atoms with Gasteiger partial charge in [-0.3, -0.25) is 9.69 Å². The minimum absolute atomic E-state index is 0.325. The number of nitrogens with zero attached hydrogens (tertiary/aromatic N) is 1. The molecule has 104 valence electrons. The molecule has 19 heavy (non-hydrogen) atoms. The lowest BCUT2D eigenvalue weighted by Gasteiger charge is -2.18. The summed E-state index contributed by atoms with van der Waals surface area (Å²) in [6.45, 7) is 6.83. The average Bonchev–Trinajstić information content (AvgIpc) is 2.68. The number of carbonyl (C=O) groups is 1. The minimum Gasteiger partial charge on any atom is -0.315 e. The fraction of sp³-hybridized carbons (Fsp3) is 0.562. The summed E-state index contributed by atoms with van der Waals surface area (Å²) < 4.78 is 0. The van der Waals surface area contributed by atoms with E-state index in [0.717, 1.165) is 44.6 Å². The summed E-state index contributed by atoms with van der Waals surface area (Å²) in [6.07, 6.45) is 2.75. The van der Waals surface area contributed by atoms with E-state index < -0.39 is 0 Å². The van der Waals surface area contributed by atoms with Crippen molar-refractivity contribution in [1.29, 1.82) is 0 Å². The molecule has 1 N–H and O–H groups in total. The number of benzene rings is 1. The molecule has 1 saturated heterocycles. The summed E-state index contributed by atoms with van der Waals surface area (Å²) in [4.78, 5) is 14.4. The van der Waals surface area contributed by atoms with Gasteiger partial charge in [-0.2, -0.15) is 0 Å². The normalized spacial score (nSPS) is 17.1. The van der Waals surface area contributed by atoms with Gasteiger partial charge < -0.3 is 5.32 Å². The molecule has 0 saturated carbocycles. The molecule has 1 aliphatic rings. The van der Waals surface area contributed by atoms with E-state index in [9.17, 15) is 4.79 Å². The molecule has 0 atom stereocenters. The molecule has 0 aliphatic carbocycles. The lowest BCUT2D eigenvalue weighted by atomic mass is 10.1. The first-order valence-electron chi connectivity index (χ1n) is 7.30. The van der Waals surface area contributed by atoms with Gasteiger partial charge in [-0.15, -0.1) is 0 Å². The third-order valence-corrected chi connectivity index (χ3v) is 3.67. The molecule has 0 radical (unpaired) electrons. The Morgan fingerprint density at radius 3 is 2.63 bits per heavy atom. The molecule has 1 aliphatic heterocycles. The molecule has 3 heteroatoms. The highest BCUT2D eigenvalue weighted by Gasteiger charge is 2.12. The van der Waals surface area contributed by atoms with Crippen LogP contribution in [0.2, 0.25) is 0 Å². The van der Waals surface area contributed by atoms with Crippen LogP contribution in [0.4, 0.5) is 0 Å². The van der Waals surface area contributed by atoms with Gasteiger partial charge in [0.25, 0.3) is 0 Å². The molecule has 0 unspecified atom stereocenters. The summed E-state index contributed by atoms with van der Waals surface area (Å²) in [7, 11) is 0. The second-order valence-corrected chi connectivity index (χ2v) is 5.27. The Morgan fingerprint density at radius 2 is 1.89 bits per heavy atom. The summed E-state index contributed by atoms with van der Waals surface area (Å²) in [6, 6.07) is 8.42. The van der Waals surface area contributed by atoms with Crippen LogP contribution < -0.4 is 5.32 Å². The Morgan fingerprint density at radius 1 is 1.16 bits per heavy atom. The zero-order valence-electron chi connectivity index (χ0n) is 11.8. The molecule has 0 bridgehead atoms. The van der Waals surface area contributed by atoms with Crippen molar-refractivity contribution < 1.29 is 4.79 Å². The number of ketones is 1. The molecule has 1 fully saturated rings. The lowest BCUT2D eigenvalue weighted by molar-refractivity contribution is -0.119. The Balaban J connectivity index is 1.82. The van der Waals surface area contributed by atoms with Crippen LogP contribution >= 0.6 is 0 Å². The smallest absolute Gasteiger partial charge is 0.151 e. The van der Waals surface area contributed by atoms with Crippen molar-refractivity contribution in [1.82, 2.24) is 10.2 Å². The van der Waals surface area contributed by atoms with Crippen LogP contribution in [0, 0.1) is 0 Å². The van der Waals surface area contributed by atoms with Crippen molar-refractivity contribution in [3.8, 4) is 0 Å². The zero-order chi connectivity index (χ0) is 13.5.